The number of Topliss-reactive ketones (excluding diaryl/α,β-unsaturated/α-hetero) is 1. The molecule has 1 aliphatic heterocycles. The van der Waals surface area contributed by atoms with Gasteiger partial charge in [0.1, 0.15) is 0 Å². The van der Waals surface area contributed by atoms with Crippen LogP contribution in [0.4, 0.5) is 11.4 Å². The minimum absolute atomic E-state index is 0.125. The Labute approximate surface area is 152 Å². The van der Waals surface area contributed by atoms with Crippen molar-refractivity contribution in [3.63, 3.8) is 0 Å². The molecule has 1 aliphatic rings. The monoisotopic (exact) mass is 357 g/mol. The summed E-state index contributed by atoms with van der Waals surface area (Å²) in [7, 11) is 4.13. The zero-order chi connectivity index (χ0) is 18.1. The number of para-hydroxylation sites is 1. The van der Waals surface area contributed by atoms with Crippen LogP contribution in [0.5, 0.6) is 0 Å². The average Bonchev–Trinajstić information content (AvgIpc) is 2.63. The van der Waals surface area contributed by atoms with E-state index in [0.29, 0.717) is 18.0 Å². The summed E-state index contributed by atoms with van der Waals surface area (Å²) >= 11 is -0.976. The lowest BCUT2D eigenvalue weighted by Gasteiger charge is -2.38. The summed E-state index contributed by atoms with van der Waals surface area (Å²) < 4.78 is 10.9. The standard InChI is InChI=1S/C20H25N2O2S/c1-5-18(23)15-10-11-20-17(12-15)22(13-14(2)21(3)4)16-8-6-7-9-19(16)25(20)24/h6-12,14,24H,5,13H2,1-4H3. The fraction of sp³-hybridized carbons (Fsp3) is 0.350. The molecule has 2 aromatic rings. The lowest BCUT2D eigenvalue weighted by atomic mass is 10.1. The number of nitrogens with zero attached hydrogens (tertiary/aromatic N) is 2. The number of hydrogen-bond acceptors (Lipinski definition) is 4. The van der Waals surface area contributed by atoms with Gasteiger partial charge in [-0.2, -0.15) is 0 Å². The third-order valence-corrected chi connectivity index (χ3v) is 6.32. The molecular weight excluding hydrogens is 332 g/mol. The van der Waals surface area contributed by atoms with Crippen molar-refractivity contribution in [3.05, 3.63) is 48.0 Å². The molecule has 0 bridgehead atoms. The Kier molecular flexibility index (Phi) is 5.18. The molecule has 133 valence electrons. The maximum absolute atomic E-state index is 12.2. The molecule has 1 N–H and O–H groups in total. The number of fused-ring (bicyclic) bond motifs is 2. The molecule has 0 amide bonds. The van der Waals surface area contributed by atoms with E-state index in [-0.39, 0.29) is 5.78 Å². The predicted molar refractivity (Wildman–Crippen MR) is 104 cm³/mol. The highest BCUT2D eigenvalue weighted by molar-refractivity contribution is 8.12. The van der Waals surface area contributed by atoms with Crippen LogP contribution in [-0.2, 0) is 0 Å². The number of carbonyl (C=O) groups is 1. The molecule has 0 spiro atoms. The van der Waals surface area contributed by atoms with Crippen LogP contribution in [0.2, 0.25) is 0 Å². The zero-order valence-corrected chi connectivity index (χ0v) is 16.0. The van der Waals surface area contributed by atoms with Gasteiger partial charge in [0, 0.05) is 24.6 Å². The molecule has 1 unspecified atom stereocenters. The smallest absolute Gasteiger partial charge is 0.162 e. The topological polar surface area (TPSA) is 43.8 Å². The molecule has 2 aromatic carbocycles. The van der Waals surface area contributed by atoms with Crippen molar-refractivity contribution in [1.82, 2.24) is 4.90 Å². The van der Waals surface area contributed by atoms with Crippen LogP contribution in [0.25, 0.3) is 0 Å². The Balaban J connectivity index is 2.13. The minimum atomic E-state index is -0.976. The van der Waals surface area contributed by atoms with E-state index in [4.69, 9.17) is 0 Å². The molecular formula is C20H25N2O2S. The van der Waals surface area contributed by atoms with Crippen LogP contribution in [0, 0.1) is 0 Å². The van der Waals surface area contributed by atoms with Crippen molar-refractivity contribution in [1.29, 1.82) is 0 Å². The fourth-order valence-electron chi connectivity index (χ4n) is 2.99. The van der Waals surface area contributed by atoms with E-state index in [9.17, 15) is 9.35 Å². The molecule has 25 heavy (non-hydrogen) atoms. The number of likely N-dealkylation sites (N-methyl/N-ethyl adjacent to an activating group) is 1. The van der Waals surface area contributed by atoms with Crippen LogP contribution in [0.15, 0.2) is 52.3 Å². The van der Waals surface area contributed by atoms with Gasteiger partial charge < -0.3 is 14.4 Å². The second-order valence-electron chi connectivity index (χ2n) is 6.63. The van der Waals surface area contributed by atoms with Crippen molar-refractivity contribution in [2.75, 3.05) is 25.5 Å². The quantitative estimate of drug-likeness (QED) is 0.778. The molecule has 5 heteroatoms. The SMILES string of the molecule is CCC(=O)c1ccc2c(c1)N(CC(C)N(C)C)c1ccccc1[S]2O. The van der Waals surface area contributed by atoms with Crippen molar-refractivity contribution < 1.29 is 9.35 Å². The zero-order valence-electron chi connectivity index (χ0n) is 15.2. The first-order chi connectivity index (χ1) is 11.9. The second kappa shape index (κ2) is 7.20. The Morgan fingerprint density at radius 1 is 1.16 bits per heavy atom. The largest absolute Gasteiger partial charge is 0.338 e. The molecule has 3 rings (SSSR count). The number of hydrogen-bond donors (Lipinski definition) is 1. The van der Waals surface area contributed by atoms with Gasteiger partial charge in [0.05, 0.1) is 21.2 Å². The van der Waals surface area contributed by atoms with Crippen molar-refractivity contribution in [2.45, 2.75) is 36.1 Å². The van der Waals surface area contributed by atoms with Crippen LogP contribution in [0.3, 0.4) is 0 Å². The summed E-state index contributed by atoms with van der Waals surface area (Å²) in [4.78, 5) is 18.4. The molecule has 0 saturated carbocycles. The van der Waals surface area contributed by atoms with Gasteiger partial charge in [-0.3, -0.25) is 4.79 Å². The highest BCUT2D eigenvalue weighted by atomic mass is 32.2. The van der Waals surface area contributed by atoms with Crippen LogP contribution in [0.1, 0.15) is 30.6 Å². The summed E-state index contributed by atoms with van der Waals surface area (Å²) in [6.45, 7) is 4.84. The first kappa shape index (κ1) is 18.0. The van der Waals surface area contributed by atoms with Gasteiger partial charge in [0.2, 0.25) is 0 Å². The van der Waals surface area contributed by atoms with Gasteiger partial charge in [-0.15, -0.1) is 0 Å². The van der Waals surface area contributed by atoms with E-state index < -0.39 is 11.2 Å². The van der Waals surface area contributed by atoms with E-state index in [1.807, 2.05) is 49.4 Å². The van der Waals surface area contributed by atoms with Crippen LogP contribution >= 0.6 is 11.2 Å². The summed E-state index contributed by atoms with van der Waals surface area (Å²) in [5.74, 6) is 0.125. The summed E-state index contributed by atoms with van der Waals surface area (Å²) in [6, 6.07) is 14.0. The number of rotatable bonds is 5. The Bertz CT molecular complexity index is 791. The Morgan fingerprint density at radius 2 is 1.84 bits per heavy atom. The maximum Gasteiger partial charge on any atom is 0.162 e. The minimum Gasteiger partial charge on any atom is -0.338 e. The number of benzene rings is 2. The van der Waals surface area contributed by atoms with E-state index in [1.165, 1.54) is 0 Å². The Hall–Kier alpha value is -1.82. The third-order valence-electron chi connectivity index (χ3n) is 4.79. The molecule has 1 radical (unpaired) electrons. The first-order valence-corrected chi connectivity index (χ1v) is 9.75. The molecule has 0 saturated heterocycles. The van der Waals surface area contributed by atoms with Gasteiger partial charge in [-0.1, -0.05) is 25.1 Å². The highest BCUT2D eigenvalue weighted by Gasteiger charge is 2.30. The molecule has 1 atom stereocenters. The summed E-state index contributed by atoms with van der Waals surface area (Å²) in [6.07, 6.45) is 0.480. The maximum atomic E-state index is 12.2. The normalized spacial score (nSPS) is 15.0. The van der Waals surface area contributed by atoms with Gasteiger partial charge in [0.25, 0.3) is 0 Å². The molecule has 1 heterocycles. The first-order valence-electron chi connectivity index (χ1n) is 8.57. The van der Waals surface area contributed by atoms with Gasteiger partial charge in [-0.25, -0.2) is 0 Å². The van der Waals surface area contributed by atoms with Crippen molar-refractivity contribution in [3.8, 4) is 0 Å². The average molecular weight is 357 g/mol. The lowest BCUT2D eigenvalue weighted by Crippen LogP contribution is -2.37. The van der Waals surface area contributed by atoms with Gasteiger partial charge in [0.15, 0.2) is 5.78 Å². The predicted octanol–water partition coefficient (Wildman–Crippen LogP) is 4.84. The number of anilines is 2. The van der Waals surface area contributed by atoms with E-state index in [2.05, 4.69) is 30.8 Å². The molecule has 0 fully saturated rings. The van der Waals surface area contributed by atoms with Gasteiger partial charge >= 0.3 is 0 Å². The summed E-state index contributed by atoms with van der Waals surface area (Å²) in [5.41, 5.74) is 2.67. The fourth-order valence-corrected chi connectivity index (χ4v) is 4.37. The van der Waals surface area contributed by atoms with E-state index in [0.717, 1.165) is 27.7 Å². The van der Waals surface area contributed by atoms with E-state index >= 15 is 0 Å². The molecule has 4 nitrogen and oxygen atoms in total. The number of carbonyl (C=O) groups excluding carboxylic acids is 1. The van der Waals surface area contributed by atoms with E-state index in [1.54, 1.807) is 0 Å². The lowest BCUT2D eigenvalue weighted by molar-refractivity contribution is 0.0988. The van der Waals surface area contributed by atoms with Crippen molar-refractivity contribution in [2.24, 2.45) is 0 Å². The van der Waals surface area contributed by atoms with Crippen LogP contribution < -0.4 is 4.90 Å². The number of ketones is 1. The molecule has 0 aliphatic carbocycles. The molecule has 0 aromatic heterocycles. The second-order valence-corrected chi connectivity index (χ2v) is 8.08. The Morgan fingerprint density at radius 3 is 2.52 bits per heavy atom. The highest BCUT2D eigenvalue weighted by Crippen LogP contribution is 2.55. The van der Waals surface area contributed by atoms with Gasteiger partial charge in [-0.05, 0) is 56.5 Å². The van der Waals surface area contributed by atoms with Crippen molar-refractivity contribution >= 4 is 28.3 Å². The van der Waals surface area contributed by atoms with Crippen LogP contribution in [-0.4, -0.2) is 41.9 Å². The summed E-state index contributed by atoms with van der Waals surface area (Å²) in [5, 5.41) is 0. The third kappa shape index (κ3) is 3.32.